The molecule has 1 aromatic heterocycles. The van der Waals surface area contributed by atoms with Gasteiger partial charge in [0, 0.05) is 29.7 Å². The van der Waals surface area contributed by atoms with Gasteiger partial charge in [-0.15, -0.1) is 11.3 Å². The van der Waals surface area contributed by atoms with E-state index in [9.17, 15) is 4.79 Å². The molecule has 1 amide bonds. The molecule has 0 aliphatic heterocycles. The second-order valence-electron chi connectivity index (χ2n) is 4.48. The lowest BCUT2D eigenvalue weighted by Gasteiger charge is -2.07. The number of benzene rings is 1. The van der Waals surface area contributed by atoms with Crippen LogP contribution in [0.25, 0.3) is 0 Å². The molecule has 2 aromatic rings. The zero-order valence-corrected chi connectivity index (χ0v) is 11.9. The Labute approximate surface area is 116 Å². The van der Waals surface area contributed by atoms with Gasteiger partial charge in [0.25, 0.3) is 5.91 Å². The summed E-state index contributed by atoms with van der Waals surface area (Å²) in [4.78, 5) is 16.4. The lowest BCUT2D eigenvalue weighted by atomic mass is 10.1. The summed E-state index contributed by atoms with van der Waals surface area (Å²) in [5.74, 6) is -0.130. The van der Waals surface area contributed by atoms with Gasteiger partial charge in [0.1, 0.15) is 0 Å². The Balaban J connectivity index is 1.92. The third kappa shape index (κ3) is 3.54. The predicted molar refractivity (Wildman–Crippen MR) is 78.5 cm³/mol. The summed E-state index contributed by atoms with van der Waals surface area (Å²) >= 11 is 1.62. The van der Waals surface area contributed by atoms with Gasteiger partial charge in [-0.1, -0.05) is 11.6 Å². The molecule has 1 aromatic carbocycles. The topological polar surface area (TPSA) is 68.0 Å². The van der Waals surface area contributed by atoms with Crippen LogP contribution in [0.2, 0.25) is 0 Å². The summed E-state index contributed by atoms with van der Waals surface area (Å²) < 4.78 is 0. The maximum Gasteiger partial charge on any atom is 0.253 e. The van der Waals surface area contributed by atoms with Crippen LogP contribution < -0.4 is 11.1 Å². The molecule has 0 saturated heterocycles. The lowest BCUT2D eigenvalue weighted by Crippen LogP contribution is -2.26. The number of nitrogen functional groups attached to an aromatic ring is 1. The van der Waals surface area contributed by atoms with E-state index in [1.54, 1.807) is 23.5 Å². The number of nitrogens with zero attached hydrogens (tertiary/aromatic N) is 1. The van der Waals surface area contributed by atoms with E-state index in [0.717, 1.165) is 22.7 Å². The average Bonchev–Trinajstić information content (AvgIpc) is 2.78. The molecule has 0 unspecified atom stereocenters. The number of thiazole rings is 1. The quantitative estimate of drug-likeness (QED) is 0.841. The van der Waals surface area contributed by atoms with Crippen LogP contribution in [0.3, 0.4) is 0 Å². The molecule has 0 saturated carbocycles. The largest absolute Gasteiger partial charge is 0.398 e. The maximum atomic E-state index is 12.0. The van der Waals surface area contributed by atoms with Gasteiger partial charge in [-0.3, -0.25) is 4.79 Å². The molecule has 1 heterocycles. The summed E-state index contributed by atoms with van der Waals surface area (Å²) in [7, 11) is 0. The van der Waals surface area contributed by atoms with Crippen LogP contribution >= 0.6 is 11.3 Å². The molecule has 0 aliphatic rings. The minimum absolute atomic E-state index is 0.130. The van der Waals surface area contributed by atoms with Gasteiger partial charge in [-0.05, 0) is 26.0 Å². The van der Waals surface area contributed by atoms with E-state index in [4.69, 9.17) is 5.73 Å². The predicted octanol–water partition coefficient (Wildman–Crippen LogP) is 2.31. The highest BCUT2D eigenvalue weighted by Gasteiger charge is 2.09. The minimum Gasteiger partial charge on any atom is -0.398 e. The van der Waals surface area contributed by atoms with Gasteiger partial charge in [0.15, 0.2) is 0 Å². The van der Waals surface area contributed by atoms with Crippen LogP contribution in [-0.4, -0.2) is 17.4 Å². The van der Waals surface area contributed by atoms with Crippen molar-refractivity contribution in [2.24, 2.45) is 0 Å². The molecule has 3 N–H and O–H groups in total. The summed E-state index contributed by atoms with van der Waals surface area (Å²) in [6, 6.07) is 5.46. The lowest BCUT2D eigenvalue weighted by molar-refractivity contribution is 0.0955. The molecular weight excluding hydrogens is 258 g/mol. The highest BCUT2D eigenvalue weighted by molar-refractivity contribution is 7.09. The number of anilines is 1. The van der Waals surface area contributed by atoms with Gasteiger partial charge in [0.2, 0.25) is 0 Å². The molecular formula is C14H17N3OS. The van der Waals surface area contributed by atoms with E-state index in [0.29, 0.717) is 17.8 Å². The van der Waals surface area contributed by atoms with Crippen molar-refractivity contribution in [3.8, 4) is 0 Å². The number of nitrogens with one attached hydrogen (secondary N) is 1. The van der Waals surface area contributed by atoms with Crippen molar-refractivity contribution in [3.05, 3.63) is 45.4 Å². The van der Waals surface area contributed by atoms with Crippen molar-refractivity contribution in [1.29, 1.82) is 0 Å². The van der Waals surface area contributed by atoms with E-state index < -0.39 is 0 Å². The molecule has 0 fully saturated rings. The average molecular weight is 275 g/mol. The van der Waals surface area contributed by atoms with E-state index >= 15 is 0 Å². The van der Waals surface area contributed by atoms with E-state index in [1.165, 1.54) is 0 Å². The van der Waals surface area contributed by atoms with Gasteiger partial charge in [-0.2, -0.15) is 0 Å². The first kappa shape index (κ1) is 13.5. The number of nitrogens with two attached hydrogens (primary N) is 1. The molecule has 4 nitrogen and oxygen atoms in total. The van der Waals surface area contributed by atoms with Crippen molar-refractivity contribution in [2.45, 2.75) is 20.3 Å². The van der Waals surface area contributed by atoms with Crippen LogP contribution in [0.4, 0.5) is 5.69 Å². The number of amides is 1. The fourth-order valence-electron chi connectivity index (χ4n) is 1.76. The highest BCUT2D eigenvalue weighted by Crippen LogP contribution is 2.13. The van der Waals surface area contributed by atoms with Crippen molar-refractivity contribution < 1.29 is 4.79 Å². The molecule has 0 bridgehead atoms. The number of rotatable bonds is 4. The molecule has 2 rings (SSSR count). The second kappa shape index (κ2) is 5.84. The van der Waals surface area contributed by atoms with Crippen LogP contribution in [0.1, 0.15) is 26.6 Å². The molecule has 0 radical (unpaired) electrons. The van der Waals surface area contributed by atoms with Crippen LogP contribution in [0.15, 0.2) is 23.6 Å². The summed E-state index contributed by atoms with van der Waals surface area (Å²) in [5.41, 5.74) is 8.90. The van der Waals surface area contributed by atoms with Crippen LogP contribution in [0.5, 0.6) is 0 Å². The Morgan fingerprint density at radius 2 is 2.21 bits per heavy atom. The molecule has 19 heavy (non-hydrogen) atoms. The summed E-state index contributed by atoms with van der Waals surface area (Å²) in [6.45, 7) is 4.47. The molecule has 5 heteroatoms. The van der Waals surface area contributed by atoms with Gasteiger partial charge in [-0.25, -0.2) is 4.98 Å². The molecule has 0 atom stereocenters. The van der Waals surface area contributed by atoms with Crippen molar-refractivity contribution in [2.75, 3.05) is 12.3 Å². The number of aromatic nitrogens is 1. The third-order valence-corrected chi connectivity index (χ3v) is 3.77. The zero-order chi connectivity index (χ0) is 13.8. The van der Waals surface area contributed by atoms with Crippen molar-refractivity contribution in [1.82, 2.24) is 10.3 Å². The van der Waals surface area contributed by atoms with E-state index in [2.05, 4.69) is 10.3 Å². The Bertz CT molecular complexity index is 592. The van der Waals surface area contributed by atoms with E-state index in [1.807, 2.05) is 25.3 Å². The Morgan fingerprint density at radius 3 is 2.89 bits per heavy atom. The first-order chi connectivity index (χ1) is 9.06. The summed E-state index contributed by atoms with van der Waals surface area (Å²) in [5, 5.41) is 5.92. The van der Waals surface area contributed by atoms with E-state index in [-0.39, 0.29) is 5.91 Å². The third-order valence-electron chi connectivity index (χ3n) is 2.74. The normalized spacial score (nSPS) is 10.4. The van der Waals surface area contributed by atoms with Crippen molar-refractivity contribution in [3.63, 3.8) is 0 Å². The maximum absolute atomic E-state index is 12.0. The number of hydrogen-bond donors (Lipinski definition) is 2. The van der Waals surface area contributed by atoms with Gasteiger partial charge < -0.3 is 11.1 Å². The fourth-order valence-corrected chi connectivity index (χ4v) is 2.54. The van der Waals surface area contributed by atoms with Gasteiger partial charge in [0.05, 0.1) is 10.6 Å². The monoisotopic (exact) mass is 275 g/mol. The second-order valence-corrected chi connectivity index (χ2v) is 5.42. The molecule has 100 valence electrons. The fraction of sp³-hybridized carbons (Fsp3) is 0.286. The minimum atomic E-state index is -0.130. The van der Waals surface area contributed by atoms with Crippen LogP contribution in [0, 0.1) is 13.8 Å². The van der Waals surface area contributed by atoms with Gasteiger partial charge >= 0.3 is 0 Å². The first-order valence-electron chi connectivity index (χ1n) is 6.11. The Morgan fingerprint density at radius 1 is 1.42 bits per heavy atom. The Hall–Kier alpha value is -1.88. The van der Waals surface area contributed by atoms with Crippen molar-refractivity contribution >= 4 is 22.9 Å². The standard InChI is InChI=1S/C14H17N3OS/c1-9-3-4-12(15)11(7-9)14(18)16-6-5-13-17-10(2)8-19-13/h3-4,7-8H,5-6,15H2,1-2H3,(H,16,18). The first-order valence-corrected chi connectivity index (χ1v) is 6.99. The SMILES string of the molecule is Cc1ccc(N)c(C(=O)NCCc2nc(C)cs2)c1. The Kier molecular flexibility index (Phi) is 4.16. The molecule has 0 spiro atoms. The number of carbonyl (C=O) groups excluding carboxylic acids is 1. The summed E-state index contributed by atoms with van der Waals surface area (Å²) in [6.07, 6.45) is 0.746. The number of carbonyl (C=O) groups is 1. The number of aryl methyl sites for hydroxylation is 2. The molecule has 0 aliphatic carbocycles. The zero-order valence-electron chi connectivity index (χ0n) is 11.1. The van der Waals surface area contributed by atoms with Crippen LogP contribution in [-0.2, 0) is 6.42 Å². The highest BCUT2D eigenvalue weighted by atomic mass is 32.1. The smallest absolute Gasteiger partial charge is 0.253 e. The number of hydrogen-bond acceptors (Lipinski definition) is 4.